The van der Waals surface area contributed by atoms with Crippen LogP contribution in [-0.2, 0) is 11.2 Å². The van der Waals surface area contributed by atoms with Gasteiger partial charge in [-0.15, -0.1) is 0 Å². The summed E-state index contributed by atoms with van der Waals surface area (Å²) in [6.45, 7) is 6.04. The molecule has 1 N–H and O–H groups in total. The second-order valence-corrected chi connectivity index (χ2v) is 4.99. The van der Waals surface area contributed by atoms with E-state index in [2.05, 4.69) is 12.2 Å². The van der Waals surface area contributed by atoms with Crippen LogP contribution >= 0.6 is 11.6 Å². The van der Waals surface area contributed by atoms with Crippen LogP contribution in [0.1, 0.15) is 32.8 Å². The summed E-state index contributed by atoms with van der Waals surface area (Å²) in [7, 11) is 0. The maximum atomic E-state index is 11.8. The Labute approximate surface area is 108 Å². The van der Waals surface area contributed by atoms with E-state index in [4.69, 9.17) is 11.6 Å². The number of amides is 1. The van der Waals surface area contributed by atoms with Gasteiger partial charge in [-0.05, 0) is 37.5 Å². The summed E-state index contributed by atoms with van der Waals surface area (Å²) < 4.78 is 0. The Morgan fingerprint density at radius 3 is 2.41 bits per heavy atom. The Kier molecular flexibility index (Phi) is 5.49. The minimum atomic E-state index is -0.00910. The van der Waals surface area contributed by atoms with E-state index in [0.717, 1.165) is 23.4 Å². The molecule has 1 rings (SSSR count). The molecule has 0 bridgehead atoms. The summed E-state index contributed by atoms with van der Waals surface area (Å²) in [4.78, 5) is 11.8. The number of hydrogen-bond donors (Lipinski definition) is 1. The summed E-state index contributed by atoms with van der Waals surface area (Å²) >= 11 is 5.82. The molecule has 0 aliphatic carbocycles. The lowest BCUT2D eigenvalue weighted by molar-refractivity contribution is -0.125. The van der Waals surface area contributed by atoms with Gasteiger partial charge in [0.15, 0.2) is 0 Å². The second-order valence-electron chi connectivity index (χ2n) is 4.55. The molecule has 0 saturated heterocycles. The molecule has 0 spiro atoms. The quantitative estimate of drug-likeness (QED) is 0.856. The largest absolute Gasteiger partial charge is 0.353 e. The third-order valence-corrected chi connectivity index (χ3v) is 3.16. The molecule has 94 valence electrons. The van der Waals surface area contributed by atoms with Crippen LogP contribution in [0.15, 0.2) is 24.3 Å². The first kappa shape index (κ1) is 14.0. The molecule has 2 unspecified atom stereocenters. The summed E-state index contributed by atoms with van der Waals surface area (Å²) in [5.41, 5.74) is 1.14. The summed E-state index contributed by atoms with van der Waals surface area (Å²) in [6, 6.07) is 7.90. The van der Waals surface area contributed by atoms with E-state index >= 15 is 0 Å². The predicted octanol–water partition coefficient (Wildman–Crippen LogP) is 3.43. The van der Waals surface area contributed by atoms with Crippen LogP contribution in [0.2, 0.25) is 5.02 Å². The summed E-state index contributed by atoms with van der Waals surface area (Å²) in [6.07, 6.45) is 1.71. The zero-order chi connectivity index (χ0) is 12.8. The van der Waals surface area contributed by atoms with Gasteiger partial charge in [0, 0.05) is 17.0 Å². The van der Waals surface area contributed by atoms with Crippen molar-refractivity contribution in [2.24, 2.45) is 5.92 Å². The highest BCUT2D eigenvalue weighted by Gasteiger charge is 2.14. The van der Waals surface area contributed by atoms with Gasteiger partial charge in [-0.2, -0.15) is 0 Å². The van der Waals surface area contributed by atoms with Crippen LogP contribution in [-0.4, -0.2) is 11.9 Å². The molecule has 0 aliphatic heterocycles. The molecule has 0 saturated carbocycles. The fraction of sp³-hybridized carbons (Fsp3) is 0.500. The smallest absolute Gasteiger partial charge is 0.223 e. The average Bonchev–Trinajstić information content (AvgIpc) is 2.31. The van der Waals surface area contributed by atoms with Crippen molar-refractivity contribution in [1.82, 2.24) is 5.32 Å². The lowest BCUT2D eigenvalue weighted by atomic mass is 10.00. The average molecular weight is 254 g/mol. The molecule has 0 heterocycles. The molecule has 2 atom stereocenters. The molecule has 0 aliphatic rings. The highest BCUT2D eigenvalue weighted by molar-refractivity contribution is 6.30. The molecule has 2 nitrogen and oxygen atoms in total. The fourth-order valence-corrected chi connectivity index (χ4v) is 1.68. The van der Waals surface area contributed by atoms with Crippen LogP contribution in [0.4, 0.5) is 0 Å². The van der Waals surface area contributed by atoms with Gasteiger partial charge in [0.05, 0.1) is 0 Å². The van der Waals surface area contributed by atoms with E-state index in [1.807, 2.05) is 38.1 Å². The van der Waals surface area contributed by atoms with Gasteiger partial charge in [-0.25, -0.2) is 0 Å². The number of nitrogens with one attached hydrogen (secondary N) is 1. The van der Waals surface area contributed by atoms with E-state index in [1.54, 1.807) is 0 Å². The van der Waals surface area contributed by atoms with E-state index in [0.29, 0.717) is 0 Å². The number of hydrogen-bond acceptors (Lipinski definition) is 1. The second kappa shape index (κ2) is 6.65. The van der Waals surface area contributed by atoms with Crippen molar-refractivity contribution in [1.29, 1.82) is 0 Å². The van der Waals surface area contributed by atoms with Gasteiger partial charge < -0.3 is 5.32 Å². The molecule has 1 aromatic carbocycles. The lowest BCUT2D eigenvalue weighted by Gasteiger charge is -2.16. The molecule has 1 aromatic rings. The van der Waals surface area contributed by atoms with Crippen LogP contribution in [0.25, 0.3) is 0 Å². The van der Waals surface area contributed by atoms with Crippen molar-refractivity contribution in [2.75, 3.05) is 0 Å². The third-order valence-electron chi connectivity index (χ3n) is 2.90. The minimum absolute atomic E-state index is 0.00910. The molecule has 3 heteroatoms. The van der Waals surface area contributed by atoms with E-state index in [1.165, 1.54) is 0 Å². The number of halogens is 1. The number of carbonyl (C=O) groups excluding carboxylic acids is 1. The first-order valence-electron chi connectivity index (χ1n) is 6.07. The van der Waals surface area contributed by atoms with Crippen molar-refractivity contribution in [3.05, 3.63) is 34.9 Å². The van der Waals surface area contributed by atoms with Gasteiger partial charge in [-0.3, -0.25) is 4.79 Å². The molecule has 0 fully saturated rings. The highest BCUT2D eigenvalue weighted by atomic mass is 35.5. The van der Waals surface area contributed by atoms with Crippen LogP contribution in [0, 0.1) is 5.92 Å². The molecular weight excluding hydrogens is 234 g/mol. The van der Waals surface area contributed by atoms with Crippen molar-refractivity contribution in [2.45, 2.75) is 39.7 Å². The summed E-state index contributed by atoms with van der Waals surface area (Å²) in [5, 5.41) is 3.72. The molecular formula is C14H20ClNO. The number of rotatable bonds is 5. The van der Waals surface area contributed by atoms with Crippen LogP contribution < -0.4 is 5.32 Å². The fourth-order valence-electron chi connectivity index (χ4n) is 1.55. The van der Waals surface area contributed by atoms with Gasteiger partial charge >= 0.3 is 0 Å². The normalized spacial score (nSPS) is 14.1. The summed E-state index contributed by atoms with van der Waals surface area (Å²) in [5.74, 6) is 0.111. The van der Waals surface area contributed by atoms with Crippen molar-refractivity contribution < 1.29 is 4.79 Å². The van der Waals surface area contributed by atoms with Gasteiger partial charge in [0.25, 0.3) is 0 Å². The van der Waals surface area contributed by atoms with Crippen LogP contribution in [0.5, 0.6) is 0 Å². The first-order chi connectivity index (χ1) is 8.02. The third kappa shape index (κ3) is 4.78. The SMILES string of the molecule is CCC(C)NC(=O)C(C)Cc1ccc(Cl)cc1. The monoisotopic (exact) mass is 253 g/mol. The highest BCUT2D eigenvalue weighted by Crippen LogP contribution is 2.13. The maximum absolute atomic E-state index is 11.8. The Morgan fingerprint density at radius 1 is 1.29 bits per heavy atom. The zero-order valence-corrected chi connectivity index (χ0v) is 11.4. The Balaban J connectivity index is 2.51. The first-order valence-corrected chi connectivity index (χ1v) is 6.45. The van der Waals surface area contributed by atoms with Gasteiger partial charge in [-0.1, -0.05) is 37.6 Å². The standard InChI is InChI=1S/C14H20ClNO/c1-4-11(3)16-14(17)10(2)9-12-5-7-13(15)8-6-12/h5-8,10-11H,4,9H2,1-3H3,(H,16,17). The molecule has 0 aromatic heterocycles. The van der Waals surface area contributed by atoms with E-state index in [9.17, 15) is 4.79 Å². The van der Waals surface area contributed by atoms with Gasteiger partial charge in [0.2, 0.25) is 5.91 Å². The van der Waals surface area contributed by atoms with Crippen LogP contribution in [0.3, 0.4) is 0 Å². The minimum Gasteiger partial charge on any atom is -0.353 e. The molecule has 17 heavy (non-hydrogen) atoms. The Bertz CT molecular complexity index is 361. The Morgan fingerprint density at radius 2 is 1.88 bits per heavy atom. The number of carbonyl (C=O) groups is 1. The lowest BCUT2D eigenvalue weighted by Crippen LogP contribution is -2.36. The molecule has 1 amide bonds. The van der Waals surface area contributed by atoms with Gasteiger partial charge in [0.1, 0.15) is 0 Å². The maximum Gasteiger partial charge on any atom is 0.223 e. The zero-order valence-electron chi connectivity index (χ0n) is 10.7. The topological polar surface area (TPSA) is 29.1 Å². The molecule has 0 radical (unpaired) electrons. The predicted molar refractivity (Wildman–Crippen MR) is 72.2 cm³/mol. The van der Waals surface area contributed by atoms with Crippen molar-refractivity contribution in [3.63, 3.8) is 0 Å². The Hall–Kier alpha value is -1.02. The van der Waals surface area contributed by atoms with Crippen molar-refractivity contribution in [3.8, 4) is 0 Å². The van der Waals surface area contributed by atoms with Crippen molar-refractivity contribution >= 4 is 17.5 Å². The van der Waals surface area contributed by atoms with E-state index in [-0.39, 0.29) is 17.9 Å². The van der Waals surface area contributed by atoms with E-state index < -0.39 is 0 Å². The number of benzene rings is 1.